The monoisotopic (exact) mass is 301 g/mol. The quantitative estimate of drug-likeness (QED) is 0.782. The number of aromatic nitrogens is 1. The van der Waals surface area contributed by atoms with Crippen LogP contribution in [0, 0.1) is 0 Å². The lowest BCUT2D eigenvalue weighted by molar-refractivity contribution is -0.660. The van der Waals surface area contributed by atoms with E-state index in [2.05, 4.69) is 0 Å². The molecule has 0 aliphatic carbocycles. The van der Waals surface area contributed by atoms with E-state index in [1.807, 2.05) is 42.1 Å². The molecule has 2 rings (SSSR count). The van der Waals surface area contributed by atoms with Crippen LogP contribution in [-0.2, 0) is 16.6 Å². The highest BCUT2D eigenvalue weighted by molar-refractivity contribution is 5.80. The molecule has 6 heteroatoms. The second kappa shape index (κ2) is 6.71. The average Bonchev–Trinajstić information content (AvgIpc) is 2.46. The van der Waals surface area contributed by atoms with E-state index >= 15 is 0 Å². The van der Waals surface area contributed by atoms with Crippen LogP contribution in [0.2, 0.25) is 0 Å². The first-order chi connectivity index (χ1) is 10.5. The molecule has 1 aromatic heterocycles. The van der Waals surface area contributed by atoms with Gasteiger partial charge in [0.15, 0.2) is 6.20 Å². The Morgan fingerprint density at radius 2 is 1.73 bits per heavy atom. The van der Waals surface area contributed by atoms with Crippen LogP contribution in [0.25, 0.3) is 11.3 Å². The van der Waals surface area contributed by atoms with Crippen molar-refractivity contribution in [3.8, 4) is 11.3 Å². The molecule has 2 aromatic rings. The van der Waals surface area contributed by atoms with Crippen molar-refractivity contribution in [2.24, 2.45) is 7.05 Å². The van der Waals surface area contributed by atoms with Crippen LogP contribution in [0.3, 0.4) is 0 Å². The first kappa shape index (κ1) is 15.5. The Hall–Kier alpha value is -2.89. The molecule has 0 aliphatic rings. The Labute approximate surface area is 127 Å². The molecule has 0 bridgehead atoms. The summed E-state index contributed by atoms with van der Waals surface area (Å²) in [6.07, 6.45) is 1.91. The lowest BCUT2D eigenvalue weighted by Gasteiger charge is -2.21. The van der Waals surface area contributed by atoms with Crippen LogP contribution >= 0.6 is 0 Å². The third-order valence-corrected chi connectivity index (χ3v) is 3.21. The van der Waals surface area contributed by atoms with Gasteiger partial charge in [0, 0.05) is 23.4 Å². The van der Waals surface area contributed by atoms with Crippen molar-refractivity contribution in [3.05, 3.63) is 48.7 Å². The van der Waals surface area contributed by atoms with E-state index in [-0.39, 0.29) is 13.1 Å². The fourth-order valence-corrected chi connectivity index (χ4v) is 2.25. The SMILES string of the molecule is C[n+]1ccccc1-c1cccc(N(CC(=O)O)CC(=O)O)c1. The third kappa shape index (κ3) is 3.82. The zero-order chi connectivity index (χ0) is 16.1. The van der Waals surface area contributed by atoms with Crippen LogP contribution in [0.15, 0.2) is 48.7 Å². The molecule has 6 nitrogen and oxygen atoms in total. The number of hydrogen-bond acceptors (Lipinski definition) is 3. The molecule has 2 N–H and O–H groups in total. The van der Waals surface area contributed by atoms with E-state index in [0.29, 0.717) is 5.69 Å². The van der Waals surface area contributed by atoms with Crippen molar-refractivity contribution >= 4 is 17.6 Å². The zero-order valence-corrected chi connectivity index (χ0v) is 12.1. The first-order valence-corrected chi connectivity index (χ1v) is 6.71. The second-order valence-corrected chi connectivity index (χ2v) is 4.89. The number of aryl methyl sites for hydroxylation is 1. The van der Waals surface area contributed by atoms with Gasteiger partial charge in [-0.15, -0.1) is 0 Å². The van der Waals surface area contributed by atoms with Crippen molar-refractivity contribution < 1.29 is 24.4 Å². The lowest BCUT2D eigenvalue weighted by Crippen LogP contribution is -2.34. The van der Waals surface area contributed by atoms with Crippen LogP contribution in [0.4, 0.5) is 5.69 Å². The van der Waals surface area contributed by atoms with Crippen molar-refractivity contribution in [2.75, 3.05) is 18.0 Å². The molecule has 0 fully saturated rings. The maximum atomic E-state index is 10.9. The summed E-state index contributed by atoms with van der Waals surface area (Å²) in [4.78, 5) is 23.2. The predicted octanol–water partition coefficient (Wildman–Crippen LogP) is 1.15. The highest BCUT2D eigenvalue weighted by Gasteiger charge is 2.16. The Bertz CT molecular complexity index is 684. The van der Waals surface area contributed by atoms with Crippen molar-refractivity contribution in [2.45, 2.75) is 0 Å². The summed E-state index contributed by atoms with van der Waals surface area (Å²) < 4.78 is 1.94. The number of rotatable bonds is 6. The van der Waals surface area contributed by atoms with Gasteiger partial charge in [-0.05, 0) is 24.3 Å². The molecule has 0 amide bonds. The molecule has 0 aliphatic heterocycles. The number of hydrogen-bond donors (Lipinski definition) is 2. The number of carbonyl (C=O) groups is 2. The summed E-state index contributed by atoms with van der Waals surface area (Å²) in [6, 6.07) is 13.0. The summed E-state index contributed by atoms with van der Waals surface area (Å²) in [6.45, 7) is -0.729. The van der Waals surface area contributed by atoms with Crippen molar-refractivity contribution in [3.63, 3.8) is 0 Å². The van der Waals surface area contributed by atoms with E-state index < -0.39 is 11.9 Å². The molecule has 0 unspecified atom stereocenters. The molecule has 0 atom stereocenters. The van der Waals surface area contributed by atoms with E-state index in [9.17, 15) is 9.59 Å². The molecule has 0 saturated carbocycles. The molecule has 0 saturated heterocycles. The maximum absolute atomic E-state index is 10.9. The standard InChI is InChI=1S/C16H16N2O4/c1-17-8-3-2-7-14(17)12-5-4-6-13(9-12)18(10-15(19)20)11-16(21)22/h2-9H,10-11H2,1H3,(H-,19,20,21,22)/p+1. The van der Waals surface area contributed by atoms with Gasteiger partial charge in [0.05, 0.1) is 0 Å². The molecule has 114 valence electrons. The molecular weight excluding hydrogens is 284 g/mol. The summed E-state index contributed by atoms with van der Waals surface area (Å²) in [5, 5.41) is 17.9. The zero-order valence-electron chi connectivity index (χ0n) is 12.1. The summed E-state index contributed by atoms with van der Waals surface area (Å²) >= 11 is 0. The predicted molar refractivity (Wildman–Crippen MR) is 80.5 cm³/mol. The number of carboxylic acids is 2. The molecule has 0 spiro atoms. The first-order valence-electron chi connectivity index (χ1n) is 6.71. The number of benzene rings is 1. The summed E-state index contributed by atoms with van der Waals surface area (Å²) in [5.74, 6) is -2.14. The number of nitrogens with zero attached hydrogens (tertiary/aromatic N) is 2. The molecule has 1 aromatic carbocycles. The van der Waals surface area contributed by atoms with Crippen LogP contribution in [0.1, 0.15) is 0 Å². The van der Waals surface area contributed by atoms with Gasteiger partial charge in [-0.3, -0.25) is 9.59 Å². The fourth-order valence-electron chi connectivity index (χ4n) is 2.25. The fraction of sp³-hybridized carbons (Fsp3) is 0.188. The van der Waals surface area contributed by atoms with Crippen LogP contribution in [-0.4, -0.2) is 35.2 Å². The number of anilines is 1. The number of aliphatic carboxylic acids is 2. The summed E-state index contributed by atoms with van der Waals surface area (Å²) in [7, 11) is 1.91. The van der Waals surface area contributed by atoms with Crippen LogP contribution < -0.4 is 9.47 Å². The van der Waals surface area contributed by atoms with Gasteiger partial charge < -0.3 is 15.1 Å². The van der Waals surface area contributed by atoms with E-state index in [4.69, 9.17) is 10.2 Å². The van der Waals surface area contributed by atoms with Gasteiger partial charge in [0.2, 0.25) is 5.69 Å². The highest BCUT2D eigenvalue weighted by Crippen LogP contribution is 2.22. The van der Waals surface area contributed by atoms with Gasteiger partial charge in [-0.2, -0.15) is 0 Å². The Kier molecular flexibility index (Phi) is 4.73. The Morgan fingerprint density at radius 3 is 2.32 bits per heavy atom. The van der Waals surface area contributed by atoms with Crippen molar-refractivity contribution in [1.29, 1.82) is 0 Å². The maximum Gasteiger partial charge on any atom is 0.323 e. The smallest absolute Gasteiger partial charge is 0.323 e. The summed E-state index contributed by atoms with van der Waals surface area (Å²) in [5.41, 5.74) is 2.41. The minimum Gasteiger partial charge on any atom is -0.480 e. The Balaban J connectivity index is 2.39. The molecular formula is C16H17N2O4+. The molecule has 0 radical (unpaired) electrons. The van der Waals surface area contributed by atoms with Gasteiger partial charge in [-0.1, -0.05) is 6.07 Å². The van der Waals surface area contributed by atoms with Crippen LogP contribution in [0.5, 0.6) is 0 Å². The van der Waals surface area contributed by atoms with Gasteiger partial charge >= 0.3 is 11.9 Å². The molecule has 22 heavy (non-hydrogen) atoms. The number of pyridine rings is 1. The van der Waals surface area contributed by atoms with Crippen molar-refractivity contribution in [1.82, 2.24) is 0 Å². The van der Waals surface area contributed by atoms with E-state index in [1.165, 1.54) is 4.90 Å². The van der Waals surface area contributed by atoms with E-state index in [0.717, 1.165) is 11.3 Å². The lowest BCUT2D eigenvalue weighted by atomic mass is 10.1. The topological polar surface area (TPSA) is 81.7 Å². The Morgan fingerprint density at radius 1 is 1.05 bits per heavy atom. The van der Waals surface area contributed by atoms with Gasteiger partial charge in [-0.25, -0.2) is 4.57 Å². The number of carboxylic acid groups (broad SMARTS) is 2. The highest BCUT2D eigenvalue weighted by atomic mass is 16.4. The average molecular weight is 301 g/mol. The van der Waals surface area contributed by atoms with Gasteiger partial charge in [0.25, 0.3) is 0 Å². The minimum absolute atomic E-state index is 0.364. The molecule has 1 heterocycles. The van der Waals surface area contributed by atoms with Gasteiger partial charge in [0.1, 0.15) is 20.1 Å². The third-order valence-electron chi connectivity index (χ3n) is 3.21. The largest absolute Gasteiger partial charge is 0.480 e. The normalized spacial score (nSPS) is 10.2. The minimum atomic E-state index is -1.07. The second-order valence-electron chi connectivity index (χ2n) is 4.89. The van der Waals surface area contributed by atoms with E-state index in [1.54, 1.807) is 18.2 Å².